The van der Waals surface area contributed by atoms with E-state index >= 15 is 0 Å². The number of likely N-dealkylation sites (tertiary alicyclic amines) is 2. The summed E-state index contributed by atoms with van der Waals surface area (Å²) >= 11 is 4.38. The third-order valence-corrected chi connectivity index (χ3v) is 19.8. The van der Waals surface area contributed by atoms with Crippen molar-refractivity contribution in [1.29, 1.82) is 0 Å². The van der Waals surface area contributed by atoms with Crippen LogP contribution in [0.1, 0.15) is 113 Å². The second-order valence-corrected chi connectivity index (χ2v) is 32.3. The molecule has 5 aromatic rings. The van der Waals surface area contributed by atoms with E-state index in [-0.39, 0.29) is 51.4 Å². The number of urea groups is 2. The molecule has 578 valence electrons. The van der Waals surface area contributed by atoms with Crippen molar-refractivity contribution in [3.05, 3.63) is 97.0 Å². The molecule has 9 heterocycles. The van der Waals surface area contributed by atoms with E-state index in [1.165, 1.54) is 11.0 Å². The van der Waals surface area contributed by atoms with Crippen LogP contribution in [0.4, 0.5) is 67.6 Å². The maximum atomic E-state index is 13.0. The topological polar surface area (TPSA) is 270 Å². The fourth-order valence-corrected chi connectivity index (χ4v) is 12.7. The number of aliphatic hydroxyl groups excluding tert-OH is 3. The average Bonchev–Trinajstić information content (AvgIpc) is 1.65. The largest absolute Gasteiger partial charge is 0.495 e. The molecule has 104 heavy (non-hydrogen) atoms. The molecule has 6 saturated heterocycles. The number of rotatable bonds is 16. The summed E-state index contributed by atoms with van der Waals surface area (Å²) < 4.78 is 81.1. The van der Waals surface area contributed by atoms with E-state index in [4.69, 9.17) is 39.3 Å². The number of hydrogen-bond acceptors (Lipinski definition) is 19. The quantitative estimate of drug-likeness (QED) is 0.0197. The van der Waals surface area contributed by atoms with Gasteiger partial charge in [0.25, 0.3) is 0 Å². The molecule has 31 heteroatoms. The lowest BCUT2D eigenvalue weighted by Crippen LogP contribution is -2.41. The van der Waals surface area contributed by atoms with Crippen LogP contribution < -0.4 is 47.2 Å². The smallest absolute Gasteiger partial charge is 0.399 e. The predicted octanol–water partition coefficient (Wildman–Crippen LogP) is 11.6. The second kappa shape index (κ2) is 39.2. The molecule has 6 aliphatic rings. The van der Waals surface area contributed by atoms with Gasteiger partial charge in [-0.1, -0.05) is 31.0 Å². The molecule has 2 atom stereocenters. The van der Waals surface area contributed by atoms with Gasteiger partial charge in [0, 0.05) is 102 Å². The number of aryl methyl sites for hydroxylation is 2. The van der Waals surface area contributed by atoms with Crippen molar-refractivity contribution in [2.45, 2.75) is 150 Å². The zero-order valence-corrected chi connectivity index (χ0v) is 67.9. The number of aromatic nitrogens is 3. The third kappa shape index (κ3) is 27.4. The number of alkyl halides is 3. The number of amides is 4. The van der Waals surface area contributed by atoms with Gasteiger partial charge in [-0.3, -0.25) is 0 Å². The summed E-state index contributed by atoms with van der Waals surface area (Å²) in [6, 6.07) is 22.5. The molecule has 3 aromatic heterocycles. The molecule has 0 unspecified atom stereocenters. The lowest BCUT2D eigenvalue weighted by Gasteiger charge is -2.32. The molecule has 9 N–H and O–H groups in total. The molecular formula is C73H110BF4I2N13O10S. The van der Waals surface area contributed by atoms with Gasteiger partial charge in [0.15, 0.2) is 0 Å². The highest BCUT2D eigenvalue weighted by atomic mass is 127. The number of benzene rings is 2. The Labute approximate surface area is 646 Å². The fraction of sp³-hybridized carbons (Fsp3) is 0.603. The van der Waals surface area contributed by atoms with E-state index in [2.05, 4.69) is 112 Å². The van der Waals surface area contributed by atoms with Crippen molar-refractivity contribution >= 4 is 124 Å². The molecule has 2 aromatic carbocycles. The first-order chi connectivity index (χ1) is 48.4. The summed E-state index contributed by atoms with van der Waals surface area (Å²) in [5, 5.41) is 39.9. The van der Waals surface area contributed by atoms with Gasteiger partial charge in [0.1, 0.15) is 29.1 Å². The highest BCUT2D eigenvalue weighted by Gasteiger charge is 2.52. The van der Waals surface area contributed by atoms with E-state index in [9.17, 15) is 37.4 Å². The van der Waals surface area contributed by atoms with Gasteiger partial charge >= 0.3 is 25.4 Å². The Hall–Kier alpha value is -5.34. The summed E-state index contributed by atoms with van der Waals surface area (Å²) in [6.45, 7) is 36.7. The zero-order chi connectivity index (χ0) is 75.7. The SMILES string of the molecule is CC(C)(CO)Nc1cc(I)cc(N2CCOCC2)n1.CC(C)(N)CO.CC[C@@H]1CCN(C(=O)Nc2ccc(C)c(-c3cc(NC(C)(C)CO)nc(N4CCOCC4)c3)c2)C1.Cc1ccc(NC(=O)N2CC[C@@H](CC(F)(F)F)C2)cc1B1OC(C)(C)C(C)(C)O1.Fc1cc(I)cc(N2CCOCC2)n1.S. The number of morpholine rings is 3. The first-order valence-electron chi connectivity index (χ1n) is 35.3. The fourth-order valence-electron chi connectivity index (χ4n) is 11.6. The van der Waals surface area contributed by atoms with E-state index in [0.29, 0.717) is 62.6 Å². The van der Waals surface area contributed by atoms with Crippen molar-refractivity contribution < 1.29 is 66.0 Å². The van der Waals surface area contributed by atoms with Crippen molar-refractivity contribution in [2.24, 2.45) is 17.6 Å². The molecule has 0 bridgehead atoms. The predicted molar refractivity (Wildman–Crippen MR) is 428 cm³/mol. The van der Waals surface area contributed by atoms with Gasteiger partial charge in [0.05, 0.1) is 81.7 Å². The number of nitrogens with one attached hydrogen (secondary N) is 4. The first-order valence-corrected chi connectivity index (χ1v) is 37.5. The Morgan fingerprint density at radius 2 is 1.01 bits per heavy atom. The number of ether oxygens (including phenoxy) is 3. The van der Waals surface area contributed by atoms with E-state index in [1.807, 2.05) is 115 Å². The maximum Gasteiger partial charge on any atom is 0.495 e. The second-order valence-electron chi connectivity index (χ2n) is 29.9. The Morgan fingerprint density at radius 1 is 0.596 bits per heavy atom. The number of nitrogens with two attached hydrogens (primary N) is 1. The maximum absolute atomic E-state index is 13.0. The minimum atomic E-state index is -4.20. The van der Waals surface area contributed by atoms with Crippen LogP contribution in [0.25, 0.3) is 11.1 Å². The standard InChI is InChI=1S/C27H39N5O3.C20H28BF3N2O3.C13H20IN3O2.C9H10FIN2O.C4H11NO.H2S/c1-5-20-8-9-32(17-20)26(34)28-22-7-6-19(2)23(16-22)21-14-24(30-27(3,4)18-33)29-25(15-21)31-10-12-35-13-11-31;1-13-6-7-15(10-16(13)21-28-18(2,3)19(4,5)29-21)25-17(27)26-9-8-14(12-26)11-20(22,23)24;1-13(2,9-18)16-11-7-10(14)8-12(15-11)17-3-5-19-6-4-17;10-8-5-7(11)6-9(12-8)13-1-3-14-4-2-13;1-4(2,5)3-6;/h6-7,14-16,20,33H,5,8-13,17-18H2,1-4H3,(H,28,34)(H,29,30);6-7,10,14H,8-9,11-12H2,1-5H3,(H,25,27);7-8,18H,3-6,9H2,1-2H3,(H,15,16);5-6H,1-4H2;6H,3,5H2,1-2H3;1H2/t20-;14-;;;;/m10..../s1. The van der Waals surface area contributed by atoms with E-state index < -0.39 is 59.9 Å². The van der Waals surface area contributed by atoms with Crippen LogP contribution in [0.5, 0.6) is 0 Å². The number of anilines is 7. The van der Waals surface area contributed by atoms with Gasteiger partial charge in [0.2, 0.25) is 5.95 Å². The third-order valence-electron chi connectivity index (χ3n) is 18.6. The first kappa shape index (κ1) is 87.6. The summed E-state index contributed by atoms with van der Waals surface area (Å²) in [4.78, 5) is 48.6. The number of carbonyl (C=O) groups excluding carboxylic acids is 2. The number of hydrogen-bond donors (Lipinski definition) is 8. The highest BCUT2D eigenvalue weighted by Crippen LogP contribution is 2.38. The molecular weight excluding hydrogens is 1590 g/mol. The van der Waals surface area contributed by atoms with E-state index in [0.717, 1.165) is 136 Å². The molecule has 6 fully saturated rings. The van der Waals surface area contributed by atoms with Crippen LogP contribution in [0.2, 0.25) is 0 Å². The van der Waals surface area contributed by atoms with Gasteiger partial charge in [-0.25, -0.2) is 24.5 Å². The highest BCUT2D eigenvalue weighted by molar-refractivity contribution is 14.1. The van der Waals surface area contributed by atoms with Gasteiger partial charge < -0.3 is 90.3 Å². The minimum Gasteiger partial charge on any atom is -0.399 e. The van der Waals surface area contributed by atoms with Crippen LogP contribution in [0, 0.1) is 38.8 Å². The van der Waals surface area contributed by atoms with Crippen LogP contribution in [0.15, 0.2) is 72.8 Å². The lowest BCUT2D eigenvalue weighted by atomic mass is 9.76. The zero-order valence-electron chi connectivity index (χ0n) is 62.5. The molecule has 0 aliphatic carbocycles. The van der Waals surface area contributed by atoms with Crippen molar-refractivity contribution in [2.75, 3.05) is 161 Å². The molecule has 6 aliphatic heterocycles. The van der Waals surface area contributed by atoms with Crippen LogP contribution in [-0.2, 0) is 23.5 Å². The summed E-state index contributed by atoms with van der Waals surface area (Å²) in [7, 11) is -0.556. The van der Waals surface area contributed by atoms with E-state index in [1.54, 1.807) is 26.0 Å². The molecule has 0 radical (unpaired) electrons. The molecule has 4 amide bonds. The average molecular weight is 1700 g/mol. The number of carbonyl (C=O) groups is 2. The Morgan fingerprint density at radius 3 is 1.44 bits per heavy atom. The Kier molecular flexibility index (Phi) is 33.0. The van der Waals surface area contributed by atoms with Gasteiger partial charge in [-0.05, 0) is 230 Å². The molecule has 0 spiro atoms. The van der Waals surface area contributed by atoms with Crippen molar-refractivity contribution in [1.82, 2.24) is 24.8 Å². The normalized spacial score (nSPS) is 18.8. The van der Waals surface area contributed by atoms with Crippen LogP contribution >= 0.6 is 58.7 Å². The lowest BCUT2D eigenvalue weighted by molar-refractivity contribution is -0.143. The van der Waals surface area contributed by atoms with Crippen LogP contribution in [-0.4, -0.2) is 218 Å². The van der Waals surface area contributed by atoms with Crippen molar-refractivity contribution in [3.63, 3.8) is 0 Å². The van der Waals surface area contributed by atoms with Crippen LogP contribution in [0.3, 0.4) is 0 Å². The Balaban J connectivity index is 0.000000221. The monoisotopic (exact) mass is 1700 g/mol. The number of halogens is 6. The summed E-state index contributed by atoms with van der Waals surface area (Å²) in [5.41, 5.74) is 9.33. The number of pyridine rings is 3. The van der Waals surface area contributed by atoms with Gasteiger partial charge in [-0.2, -0.15) is 31.1 Å². The van der Waals surface area contributed by atoms with Gasteiger partial charge in [-0.15, -0.1) is 0 Å². The number of nitrogens with zero attached hydrogens (tertiary/aromatic N) is 8. The molecule has 23 nitrogen and oxygen atoms in total. The number of aliphatic hydroxyl groups is 3. The molecule has 0 saturated carbocycles. The summed E-state index contributed by atoms with van der Waals surface area (Å²) in [6.07, 6.45) is -2.51. The summed E-state index contributed by atoms with van der Waals surface area (Å²) in [5.74, 6) is 3.69. The van der Waals surface area contributed by atoms with Crippen molar-refractivity contribution in [3.8, 4) is 11.1 Å². The molecule has 11 rings (SSSR count). The minimum absolute atomic E-state index is 0. The Bertz CT molecular complexity index is 3530.